The first-order valence-corrected chi connectivity index (χ1v) is 4.92. The van der Waals surface area contributed by atoms with Gasteiger partial charge in [0.1, 0.15) is 12.9 Å². The van der Waals surface area contributed by atoms with Gasteiger partial charge in [-0.2, -0.15) is 0 Å². The summed E-state index contributed by atoms with van der Waals surface area (Å²) in [6.45, 7) is 2.51. The Morgan fingerprint density at radius 2 is 2.33 bits per heavy atom. The normalized spacial score (nSPS) is 30.1. The van der Waals surface area contributed by atoms with E-state index in [1.807, 2.05) is 0 Å². The monoisotopic (exact) mass is 170 g/mol. The van der Waals surface area contributed by atoms with Gasteiger partial charge >= 0.3 is 0 Å². The lowest BCUT2D eigenvalue weighted by Crippen LogP contribution is -2.23. The van der Waals surface area contributed by atoms with Crippen LogP contribution in [0.1, 0.15) is 39.0 Å². The third kappa shape index (κ3) is 2.94. The fourth-order valence-electron chi connectivity index (χ4n) is 1.94. The van der Waals surface area contributed by atoms with Crippen LogP contribution in [0.3, 0.4) is 0 Å². The number of rotatable bonds is 4. The molecule has 0 saturated heterocycles. The van der Waals surface area contributed by atoms with E-state index in [0.29, 0.717) is 6.10 Å². The van der Waals surface area contributed by atoms with Gasteiger partial charge in [0.2, 0.25) is 0 Å². The van der Waals surface area contributed by atoms with E-state index in [2.05, 4.69) is 6.92 Å². The van der Waals surface area contributed by atoms with Crippen LogP contribution in [0, 0.1) is 5.92 Å². The van der Waals surface area contributed by atoms with Crippen molar-refractivity contribution in [2.75, 3.05) is 6.61 Å². The van der Waals surface area contributed by atoms with E-state index >= 15 is 0 Å². The van der Waals surface area contributed by atoms with Crippen molar-refractivity contribution >= 4 is 6.29 Å². The molecule has 1 rings (SSSR count). The minimum atomic E-state index is 0.279. The van der Waals surface area contributed by atoms with Gasteiger partial charge in [-0.1, -0.05) is 26.2 Å². The van der Waals surface area contributed by atoms with E-state index in [0.717, 1.165) is 25.0 Å². The van der Waals surface area contributed by atoms with Crippen LogP contribution >= 0.6 is 0 Å². The summed E-state index contributed by atoms with van der Waals surface area (Å²) in [5.74, 6) is 0.829. The molecule has 0 bridgehead atoms. The molecule has 0 aliphatic heterocycles. The van der Waals surface area contributed by atoms with E-state index in [4.69, 9.17) is 4.74 Å². The number of carbonyl (C=O) groups excluding carboxylic acids is 1. The number of hydrogen-bond donors (Lipinski definition) is 0. The maximum atomic E-state index is 10.1. The molecule has 1 aliphatic rings. The Kier molecular flexibility index (Phi) is 4.30. The number of hydrogen-bond acceptors (Lipinski definition) is 2. The average molecular weight is 170 g/mol. The second-order valence-corrected chi connectivity index (χ2v) is 3.56. The Bertz CT molecular complexity index is 134. The molecule has 70 valence electrons. The highest BCUT2D eigenvalue weighted by atomic mass is 16.5. The molecule has 0 heterocycles. The van der Waals surface area contributed by atoms with E-state index in [1.165, 1.54) is 19.3 Å². The molecule has 0 N–H and O–H groups in total. The van der Waals surface area contributed by atoms with Gasteiger partial charge in [0.05, 0.1) is 6.10 Å². The second kappa shape index (κ2) is 5.31. The van der Waals surface area contributed by atoms with Crippen LogP contribution in [0.4, 0.5) is 0 Å². The Morgan fingerprint density at radius 1 is 1.50 bits per heavy atom. The van der Waals surface area contributed by atoms with Gasteiger partial charge in [0, 0.05) is 0 Å². The first-order valence-electron chi connectivity index (χ1n) is 4.92. The van der Waals surface area contributed by atoms with E-state index in [-0.39, 0.29) is 6.61 Å². The molecule has 1 saturated carbocycles. The highest BCUT2D eigenvalue weighted by Crippen LogP contribution is 2.28. The molecule has 0 aromatic heterocycles. The van der Waals surface area contributed by atoms with Crippen molar-refractivity contribution < 1.29 is 9.53 Å². The second-order valence-electron chi connectivity index (χ2n) is 3.56. The van der Waals surface area contributed by atoms with Gasteiger partial charge < -0.3 is 9.53 Å². The third-order valence-electron chi connectivity index (χ3n) is 2.71. The predicted octanol–water partition coefficient (Wildman–Crippen LogP) is 2.17. The van der Waals surface area contributed by atoms with Crippen molar-refractivity contribution in [1.82, 2.24) is 0 Å². The summed E-state index contributed by atoms with van der Waals surface area (Å²) in [7, 11) is 0. The summed E-state index contributed by atoms with van der Waals surface area (Å²) in [5, 5.41) is 0. The molecule has 12 heavy (non-hydrogen) atoms. The van der Waals surface area contributed by atoms with Crippen molar-refractivity contribution in [1.29, 1.82) is 0 Å². The van der Waals surface area contributed by atoms with Gasteiger partial charge in [0.15, 0.2) is 0 Å². The van der Waals surface area contributed by atoms with E-state index in [9.17, 15) is 4.79 Å². The lowest BCUT2D eigenvalue weighted by molar-refractivity contribution is -0.114. The Labute approximate surface area is 74.3 Å². The van der Waals surface area contributed by atoms with Gasteiger partial charge in [-0.05, 0) is 18.8 Å². The molecule has 0 aromatic rings. The van der Waals surface area contributed by atoms with Crippen molar-refractivity contribution in [3.8, 4) is 0 Å². The zero-order chi connectivity index (χ0) is 8.81. The number of ether oxygens (including phenoxy) is 1. The molecule has 0 radical (unpaired) electrons. The summed E-state index contributed by atoms with van der Waals surface area (Å²) in [4.78, 5) is 10.1. The third-order valence-corrected chi connectivity index (χ3v) is 2.71. The first-order chi connectivity index (χ1) is 5.86. The lowest BCUT2D eigenvalue weighted by atomic mass is 9.85. The molecule has 2 heteroatoms. The number of aldehydes is 1. The summed E-state index contributed by atoms with van der Waals surface area (Å²) in [5.41, 5.74) is 0. The Morgan fingerprint density at radius 3 is 3.00 bits per heavy atom. The largest absolute Gasteiger partial charge is 0.371 e. The number of carbonyl (C=O) groups is 1. The van der Waals surface area contributed by atoms with Crippen LogP contribution in [0.2, 0.25) is 0 Å². The van der Waals surface area contributed by atoms with Crippen LogP contribution < -0.4 is 0 Å². The molecule has 1 fully saturated rings. The van der Waals surface area contributed by atoms with Gasteiger partial charge in [0.25, 0.3) is 0 Å². The van der Waals surface area contributed by atoms with E-state index in [1.54, 1.807) is 0 Å². The van der Waals surface area contributed by atoms with Crippen LogP contribution in [0.15, 0.2) is 0 Å². The summed E-state index contributed by atoms with van der Waals surface area (Å²) < 4.78 is 5.40. The van der Waals surface area contributed by atoms with Crippen LogP contribution in [0.5, 0.6) is 0 Å². The quantitative estimate of drug-likeness (QED) is 0.604. The van der Waals surface area contributed by atoms with Gasteiger partial charge in [-0.25, -0.2) is 0 Å². The van der Waals surface area contributed by atoms with Gasteiger partial charge in [-0.3, -0.25) is 0 Å². The smallest absolute Gasteiger partial charge is 0.145 e. The summed E-state index contributed by atoms with van der Waals surface area (Å²) >= 11 is 0. The van der Waals surface area contributed by atoms with Crippen molar-refractivity contribution in [3.63, 3.8) is 0 Å². The molecule has 0 amide bonds. The lowest BCUT2D eigenvalue weighted by Gasteiger charge is -2.27. The molecular formula is C10H18O2. The highest BCUT2D eigenvalue weighted by Gasteiger charge is 2.20. The molecule has 1 aliphatic carbocycles. The first kappa shape index (κ1) is 9.72. The Balaban J connectivity index is 2.20. The molecule has 0 spiro atoms. The summed E-state index contributed by atoms with van der Waals surface area (Å²) in [6, 6.07) is 0. The van der Waals surface area contributed by atoms with Crippen LogP contribution in [-0.4, -0.2) is 19.0 Å². The molecule has 2 unspecified atom stereocenters. The Hall–Kier alpha value is -0.370. The molecule has 2 nitrogen and oxygen atoms in total. The van der Waals surface area contributed by atoms with Crippen molar-refractivity contribution in [2.24, 2.45) is 5.92 Å². The molecule has 0 aromatic carbocycles. The maximum absolute atomic E-state index is 10.1. The fourth-order valence-corrected chi connectivity index (χ4v) is 1.94. The predicted molar refractivity (Wildman–Crippen MR) is 48.1 cm³/mol. The zero-order valence-corrected chi connectivity index (χ0v) is 7.79. The SMILES string of the molecule is CCC1CCCC(OCC=O)C1. The zero-order valence-electron chi connectivity index (χ0n) is 7.79. The van der Waals surface area contributed by atoms with E-state index < -0.39 is 0 Å². The highest BCUT2D eigenvalue weighted by molar-refractivity contribution is 5.50. The maximum Gasteiger partial charge on any atom is 0.145 e. The van der Waals surface area contributed by atoms with Crippen molar-refractivity contribution in [3.05, 3.63) is 0 Å². The average Bonchev–Trinajstić information content (AvgIpc) is 2.15. The van der Waals surface area contributed by atoms with Crippen molar-refractivity contribution in [2.45, 2.75) is 45.1 Å². The standard InChI is InChI=1S/C10H18O2/c1-2-9-4-3-5-10(8-9)12-7-6-11/h6,9-10H,2-5,7-8H2,1H3. The molecule has 2 atom stereocenters. The summed E-state index contributed by atoms with van der Waals surface area (Å²) in [6.07, 6.45) is 7.36. The van der Waals surface area contributed by atoms with Crippen LogP contribution in [0.25, 0.3) is 0 Å². The van der Waals surface area contributed by atoms with Gasteiger partial charge in [-0.15, -0.1) is 0 Å². The molecular weight excluding hydrogens is 152 g/mol. The fraction of sp³-hybridized carbons (Fsp3) is 0.900. The topological polar surface area (TPSA) is 26.3 Å². The van der Waals surface area contributed by atoms with Crippen LogP contribution in [-0.2, 0) is 9.53 Å². The minimum Gasteiger partial charge on any atom is -0.371 e. The minimum absolute atomic E-state index is 0.279.